The summed E-state index contributed by atoms with van der Waals surface area (Å²) >= 11 is 0. The molecule has 5 nitrogen and oxygen atoms in total. The highest BCUT2D eigenvalue weighted by molar-refractivity contribution is 5.30. The third kappa shape index (κ3) is 2.67. The molecule has 33 heavy (non-hydrogen) atoms. The lowest BCUT2D eigenvalue weighted by atomic mass is 9.42. The summed E-state index contributed by atoms with van der Waals surface area (Å²) in [5.41, 5.74) is 0.0600. The predicted molar refractivity (Wildman–Crippen MR) is 125 cm³/mol. The van der Waals surface area contributed by atoms with E-state index in [1.807, 2.05) is 0 Å². The number of allylic oxidation sites excluding steroid dienone is 1. The first-order valence-electron chi connectivity index (χ1n) is 13.6. The molecule has 2 saturated heterocycles. The molecule has 3 N–H and O–H groups in total. The predicted octanol–water partition coefficient (Wildman–Crippen LogP) is 4.19. The van der Waals surface area contributed by atoms with Crippen LogP contribution < -0.4 is 0 Å². The van der Waals surface area contributed by atoms with E-state index in [0.717, 1.165) is 51.4 Å². The van der Waals surface area contributed by atoms with Crippen LogP contribution in [0, 0.1) is 40.4 Å². The molecule has 2 heterocycles. The summed E-state index contributed by atoms with van der Waals surface area (Å²) < 4.78 is 13.8. The molecule has 5 heteroatoms. The molecule has 4 saturated carbocycles. The molecule has 0 unspecified atom stereocenters. The van der Waals surface area contributed by atoms with Gasteiger partial charge in [0.15, 0.2) is 6.29 Å². The zero-order valence-corrected chi connectivity index (χ0v) is 20.9. The van der Waals surface area contributed by atoms with Crippen LogP contribution in [-0.4, -0.2) is 51.1 Å². The van der Waals surface area contributed by atoms with E-state index < -0.39 is 17.8 Å². The van der Waals surface area contributed by atoms with Crippen molar-refractivity contribution in [1.29, 1.82) is 0 Å². The number of fused-ring (bicyclic) bond motifs is 2. The Morgan fingerprint density at radius 1 is 1.00 bits per heavy atom. The van der Waals surface area contributed by atoms with Gasteiger partial charge in [0.1, 0.15) is 5.60 Å². The van der Waals surface area contributed by atoms with Crippen molar-refractivity contribution in [3.05, 3.63) is 12.2 Å². The quantitative estimate of drug-likeness (QED) is 0.549. The van der Waals surface area contributed by atoms with Crippen LogP contribution in [0.3, 0.4) is 0 Å². The van der Waals surface area contributed by atoms with Crippen LogP contribution in [0.1, 0.15) is 85.5 Å². The van der Waals surface area contributed by atoms with E-state index in [0.29, 0.717) is 18.3 Å². The molecule has 0 aromatic carbocycles. The summed E-state index contributed by atoms with van der Waals surface area (Å²) in [6.45, 7) is 13.3. The Balaban J connectivity index is 1.36. The lowest BCUT2D eigenvalue weighted by molar-refractivity contribution is -0.285. The third-order valence-electron chi connectivity index (χ3n) is 11.9. The fourth-order valence-electron chi connectivity index (χ4n) is 10.2. The van der Waals surface area contributed by atoms with Gasteiger partial charge in [0, 0.05) is 17.3 Å². The van der Waals surface area contributed by atoms with Gasteiger partial charge in [0.05, 0.1) is 23.9 Å². The summed E-state index contributed by atoms with van der Waals surface area (Å²) in [6, 6.07) is 0. The van der Waals surface area contributed by atoms with Crippen LogP contribution >= 0.6 is 0 Å². The van der Waals surface area contributed by atoms with Crippen molar-refractivity contribution < 1.29 is 24.8 Å². The van der Waals surface area contributed by atoms with Crippen LogP contribution in [0.2, 0.25) is 0 Å². The van der Waals surface area contributed by atoms with Crippen molar-refractivity contribution in [1.82, 2.24) is 0 Å². The molecule has 12 atom stereocenters. The van der Waals surface area contributed by atoms with Crippen molar-refractivity contribution in [2.75, 3.05) is 0 Å². The molecule has 0 radical (unpaired) electrons. The number of ether oxygens (including phenoxy) is 2. The molecule has 0 aromatic heterocycles. The van der Waals surface area contributed by atoms with E-state index in [4.69, 9.17) is 9.47 Å². The van der Waals surface area contributed by atoms with E-state index >= 15 is 0 Å². The summed E-state index contributed by atoms with van der Waals surface area (Å²) in [5, 5.41) is 33.6. The second-order valence-corrected chi connectivity index (χ2v) is 13.5. The average Bonchev–Trinajstić information content (AvgIpc) is 3.26. The second-order valence-electron chi connectivity index (χ2n) is 13.5. The zero-order valence-electron chi connectivity index (χ0n) is 20.9. The Kier molecular flexibility index (Phi) is 4.92. The Labute approximate surface area is 198 Å². The number of aliphatic hydroxyl groups is 3. The average molecular weight is 461 g/mol. The van der Waals surface area contributed by atoms with Gasteiger partial charge in [-0.2, -0.15) is 0 Å². The fourth-order valence-corrected chi connectivity index (χ4v) is 10.2. The highest BCUT2D eigenvalue weighted by Gasteiger charge is 2.84. The number of rotatable bonds is 4. The van der Waals surface area contributed by atoms with Crippen LogP contribution in [0.4, 0.5) is 0 Å². The summed E-state index contributed by atoms with van der Waals surface area (Å²) in [6.07, 6.45) is 6.20. The van der Waals surface area contributed by atoms with E-state index in [9.17, 15) is 15.3 Å². The van der Waals surface area contributed by atoms with Crippen molar-refractivity contribution in [3.63, 3.8) is 0 Å². The van der Waals surface area contributed by atoms with Crippen molar-refractivity contribution in [2.45, 2.75) is 121 Å². The maximum atomic E-state index is 11.7. The van der Waals surface area contributed by atoms with Gasteiger partial charge in [0.2, 0.25) is 0 Å². The Morgan fingerprint density at radius 2 is 1.76 bits per heavy atom. The van der Waals surface area contributed by atoms with Gasteiger partial charge in [-0.25, -0.2) is 0 Å². The minimum Gasteiger partial charge on any atom is -0.393 e. The van der Waals surface area contributed by atoms with Crippen LogP contribution in [-0.2, 0) is 9.47 Å². The summed E-state index contributed by atoms with van der Waals surface area (Å²) in [4.78, 5) is 0. The smallest absolute Gasteiger partial charge is 0.165 e. The number of hydrogen-bond donors (Lipinski definition) is 3. The van der Waals surface area contributed by atoms with E-state index in [2.05, 4.69) is 34.3 Å². The fraction of sp³-hybridized carbons (Fsp3) is 0.929. The maximum Gasteiger partial charge on any atom is 0.165 e. The summed E-state index contributed by atoms with van der Waals surface area (Å²) in [7, 11) is 0. The monoisotopic (exact) mass is 460 g/mol. The molecule has 4 aliphatic carbocycles. The number of aliphatic hydroxyl groups excluding tert-OH is 3. The lowest BCUT2D eigenvalue weighted by Crippen LogP contribution is -2.68. The Bertz CT molecular complexity index is 842. The standard InChI is InChI=1S/C28H44O5/c1-15(2)16(3)6-10-26(5)21-14-19(30)23-27(21)11-8-20-25(4)9-7-18(29)12-17(25)13-22(31)28(20,23)33-24(27)32-26/h15,17-24,29-31H,3,6-14H2,1-2,4-5H3/t17-,18+,19-,20-,21-,22-,23-,24+,25+,26+,27+,28-/m1/s1. The zero-order chi connectivity index (χ0) is 23.6. The van der Waals surface area contributed by atoms with Gasteiger partial charge >= 0.3 is 0 Å². The first-order chi connectivity index (χ1) is 15.5. The first kappa shape index (κ1) is 23.0. The van der Waals surface area contributed by atoms with Crippen molar-refractivity contribution >= 4 is 0 Å². The molecule has 6 aliphatic rings. The largest absolute Gasteiger partial charge is 0.393 e. The lowest BCUT2D eigenvalue weighted by Gasteiger charge is -2.63. The van der Waals surface area contributed by atoms with E-state index in [-0.39, 0.29) is 46.6 Å². The topological polar surface area (TPSA) is 79.2 Å². The molecule has 6 fully saturated rings. The molecular formula is C28H44O5. The van der Waals surface area contributed by atoms with Gasteiger partial charge in [-0.15, -0.1) is 0 Å². The molecule has 0 amide bonds. The molecule has 0 aromatic rings. The normalized spacial score (nSPS) is 58.8. The maximum absolute atomic E-state index is 11.7. The number of hydrogen-bond acceptors (Lipinski definition) is 5. The van der Waals surface area contributed by atoms with Crippen molar-refractivity contribution in [2.24, 2.45) is 40.4 Å². The molecular weight excluding hydrogens is 416 g/mol. The molecule has 186 valence electrons. The van der Waals surface area contributed by atoms with Gasteiger partial charge in [-0.1, -0.05) is 32.9 Å². The van der Waals surface area contributed by atoms with Gasteiger partial charge in [0.25, 0.3) is 0 Å². The molecule has 2 aliphatic heterocycles. The second kappa shape index (κ2) is 7.06. The Hall–Kier alpha value is -0.460. The highest BCUT2D eigenvalue weighted by atomic mass is 16.7. The van der Waals surface area contributed by atoms with Gasteiger partial charge in [-0.05, 0) is 87.9 Å². The molecule has 6 rings (SSSR count). The van der Waals surface area contributed by atoms with Gasteiger partial charge in [-0.3, -0.25) is 0 Å². The van der Waals surface area contributed by atoms with Crippen LogP contribution in [0.15, 0.2) is 12.2 Å². The van der Waals surface area contributed by atoms with E-state index in [1.165, 1.54) is 5.57 Å². The van der Waals surface area contributed by atoms with Gasteiger partial charge < -0.3 is 24.8 Å². The minimum absolute atomic E-state index is 0.0365. The summed E-state index contributed by atoms with van der Waals surface area (Å²) in [5.74, 6) is 1.17. The van der Waals surface area contributed by atoms with E-state index in [1.54, 1.807) is 0 Å². The first-order valence-corrected chi connectivity index (χ1v) is 13.6. The van der Waals surface area contributed by atoms with Crippen LogP contribution in [0.25, 0.3) is 0 Å². The Morgan fingerprint density at radius 3 is 2.48 bits per heavy atom. The minimum atomic E-state index is -0.715. The SMILES string of the molecule is C=C(CC[C@]1(C)O[C@H]2O[C@@]34[C@H](O)C[C@H]5C[C@@H](O)CC[C@]5(C)[C@H]3CC[C@]23[C@H]4[C@H](O)C[C@@H]31)C(C)C. The molecule has 2 bridgehead atoms. The third-order valence-corrected chi connectivity index (χ3v) is 11.9. The molecule has 2 spiro atoms. The van der Waals surface area contributed by atoms with Crippen LogP contribution in [0.5, 0.6) is 0 Å². The van der Waals surface area contributed by atoms with Crippen molar-refractivity contribution in [3.8, 4) is 0 Å². The highest BCUT2D eigenvalue weighted by Crippen LogP contribution is 2.79.